The van der Waals surface area contributed by atoms with Crippen LogP contribution in [0.2, 0.25) is 0 Å². The molecule has 24 heavy (non-hydrogen) atoms. The Balaban J connectivity index is 0.00000288. The molecule has 2 saturated heterocycles. The molecule has 0 spiro atoms. The molecule has 3 unspecified atom stereocenters. The minimum atomic E-state index is 0. The maximum atomic E-state index is 4.41. The molecule has 2 fully saturated rings. The highest BCUT2D eigenvalue weighted by Gasteiger charge is 2.31. The summed E-state index contributed by atoms with van der Waals surface area (Å²) in [7, 11) is 1.87. The molecule has 0 aliphatic carbocycles. The van der Waals surface area contributed by atoms with Crippen molar-refractivity contribution >= 4 is 29.9 Å². The van der Waals surface area contributed by atoms with Crippen LogP contribution in [0, 0.1) is 11.8 Å². The molecule has 2 aliphatic heterocycles. The molecule has 0 bridgehead atoms. The van der Waals surface area contributed by atoms with Gasteiger partial charge in [-0.2, -0.15) is 0 Å². The van der Waals surface area contributed by atoms with E-state index in [-0.39, 0.29) is 24.0 Å². The van der Waals surface area contributed by atoms with E-state index in [1.54, 1.807) is 0 Å². The molecule has 2 heterocycles. The number of aliphatic imine (C=N–C) groups is 1. The van der Waals surface area contributed by atoms with Crippen LogP contribution in [0.1, 0.15) is 40.5 Å². The Hall–Kier alpha value is -0.0800. The second-order valence-corrected chi connectivity index (χ2v) is 7.82. The third-order valence-electron chi connectivity index (χ3n) is 5.38. The molecule has 0 aromatic rings. The average molecular weight is 451 g/mol. The lowest BCUT2D eigenvalue weighted by molar-refractivity contribution is 0.186. The van der Waals surface area contributed by atoms with Gasteiger partial charge in [0.1, 0.15) is 0 Å². The molecule has 3 atom stereocenters. The number of piperidine rings is 1. The van der Waals surface area contributed by atoms with Gasteiger partial charge in [-0.15, -0.1) is 24.0 Å². The first-order valence-corrected chi connectivity index (χ1v) is 9.43. The van der Waals surface area contributed by atoms with Gasteiger partial charge in [0.15, 0.2) is 5.96 Å². The number of nitrogens with zero attached hydrogens (tertiary/aromatic N) is 3. The SMILES string of the molecule is CN=C(NCCN1CCCC(C)C1)NC1CN(C(C)C)CC1C.I. The molecule has 0 radical (unpaired) electrons. The maximum Gasteiger partial charge on any atom is 0.191 e. The number of rotatable bonds is 5. The Labute approximate surface area is 166 Å². The summed E-state index contributed by atoms with van der Waals surface area (Å²) in [5.74, 6) is 2.47. The van der Waals surface area contributed by atoms with Crippen LogP contribution < -0.4 is 10.6 Å². The summed E-state index contributed by atoms with van der Waals surface area (Å²) in [6.07, 6.45) is 2.73. The minimum Gasteiger partial charge on any atom is -0.355 e. The summed E-state index contributed by atoms with van der Waals surface area (Å²) in [6, 6.07) is 1.12. The molecule has 2 aliphatic rings. The van der Waals surface area contributed by atoms with Gasteiger partial charge in [0.25, 0.3) is 0 Å². The van der Waals surface area contributed by atoms with Crippen molar-refractivity contribution in [3.8, 4) is 0 Å². The average Bonchev–Trinajstić information content (AvgIpc) is 2.87. The van der Waals surface area contributed by atoms with E-state index in [0.29, 0.717) is 18.0 Å². The molecule has 5 nitrogen and oxygen atoms in total. The molecule has 2 rings (SSSR count). The van der Waals surface area contributed by atoms with Crippen molar-refractivity contribution in [1.29, 1.82) is 0 Å². The molecule has 0 aromatic carbocycles. The molecule has 6 heteroatoms. The van der Waals surface area contributed by atoms with E-state index in [9.17, 15) is 0 Å². The third-order valence-corrected chi connectivity index (χ3v) is 5.38. The van der Waals surface area contributed by atoms with Crippen molar-refractivity contribution in [2.75, 3.05) is 46.3 Å². The summed E-state index contributed by atoms with van der Waals surface area (Å²) >= 11 is 0. The van der Waals surface area contributed by atoms with Crippen molar-refractivity contribution in [2.24, 2.45) is 16.8 Å². The summed E-state index contributed by atoms with van der Waals surface area (Å²) in [5.41, 5.74) is 0. The van der Waals surface area contributed by atoms with Crippen LogP contribution >= 0.6 is 24.0 Å². The summed E-state index contributed by atoms with van der Waals surface area (Å²) < 4.78 is 0. The van der Waals surface area contributed by atoms with E-state index in [0.717, 1.165) is 31.5 Å². The van der Waals surface area contributed by atoms with Gasteiger partial charge in [0.05, 0.1) is 0 Å². The highest BCUT2D eigenvalue weighted by atomic mass is 127. The number of hydrogen-bond acceptors (Lipinski definition) is 3. The van der Waals surface area contributed by atoms with Crippen LogP contribution in [0.3, 0.4) is 0 Å². The fraction of sp³-hybridized carbons (Fsp3) is 0.944. The van der Waals surface area contributed by atoms with Gasteiger partial charge in [-0.05, 0) is 45.1 Å². The standard InChI is InChI=1S/C18H37N5.HI/c1-14(2)23-12-16(4)17(13-23)21-18(19-5)20-8-10-22-9-6-7-15(3)11-22;/h14-17H,6-13H2,1-5H3,(H2,19,20,21);1H. The minimum absolute atomic E-state index is 0. The number of halogens is 1. The van der Waals surface area contributed by atoms with Crippen molar-refractivity contribution in [2.45, 2.75) is 52.6 Å². The monoisotopic (exact) mass is 451 g/mol. The fourth-order valence-electron chi connectivity index (χ4n) is 3.81. The van der Waals surface area contributed by atoms with E-state index in [1.165, 1.54) is 32.5 Å². The van der Waals surface area contributed by atoms with Crippen molar-refractivity contribution < 1.29 is 0 Å². The van der Waals surface area contributed by atoms with E-state index < -0.39 is 0 Å². The van der Waals surface area contributed by atoms with Crippen molar-refractivity contribution in [1.82, 2.24) is 20.4 Å². The highest BCUT2D eigenvalue weighted by Crippen LogP contribution is 2.18. The van der Waals surface area contributed by atoms with Gasteiger partial charge >= 0.3 is 0 Å². The number of nitrogens with one attached hydrogen (secondary N) is 2. The summed E-state index contributed by atoms with van der Waals surface area (Å²) in [6.45, 7) is 16.1. The van der Waals surface area contributed by atoms with Crippen LogP contribution in [-0.4, -0.2) is 74.2 Å². The Morgan fingerprint density at radius 2 is 1.96 bits per heavy atom. The predicted octanol–water partition coefficient (Wildman–Crippen LogP) is 2.23. The number of hydrogen-bond donors (Lipinski definition) is 2. The van der Waals surface area contributed by atoms with Gasteiger partial charge in [0, 0.05) is 51.9 Å². The molecular formula is C18H38IN5. The Morgan fingerprint density at radius 1 is 1.21 bits per heavy atom. The molecular weight excluding hydrogens is 413 g/mol. The van der Waals surface area contributed by atoms with Gasteiger partial charge in [-0.25, -0.2) is 0 Å². The van der Waals surface area contributed by atoms with E-state index >= 15 is 0 Å². The van der Waals surface area contributed by atoms with Gasteiger partial charge in [0.2, 0.25) is 0 Å². The normalized spacial score (nSPS) is 29.6. The van der Waals surface area contributed by atoms with E-state index in [1.807, 2.05) is 7.05 Å². The van der Waals surface area contributed by atoms with Crippen LogP contribution in [0.25, 0.3) is 0 Å². The van der Waals surface area contributed by atoms with Gasteiger partial charge < -0.3 is 15.5 Å². The summed E-state index contributed by atoms with van der Waals surface area (Å²) in [5, 5.41) is 7.13. The topological polar surface area (TPSA) is 42.9 Å². The molecule has 2 N–H and O–H groups in total. The van der Waals surface area contributed by atoms with Crippen molar-refractivity contribution in [3.05, 3.63) is 0 Å². The van der Waals surface area contributed by atoms with Crippen LogP contribution in [0.5, 0.6) is 0 Å². The molecule has 142 valence electrons. The lowest BCUT2D eigenvalue weighted by Gasteiger charge is -2.31. The second kappa shape index (κ2) is 10.8. The Morgan fingerprint density at radius 3 is 2.54 bits per heavy atom. The lowest BCUT2D eigenvalue weighted by Crippen LogP contribution is -2.49. The maximum absolute atomic E-state index is 4.41. The molecule has 0 saturated carbocycles. The number of likely N-dealkylation sites (tertiary alicyclic amines) is 2. The third kappa shape index (κ3) is 6.67. The van der Waals surface area contributed by atoms with Crippen LogP contribution in [0.4, 0.5) is 0 Å². The largest absolute Gasteiger partial charge is 0.355 e. The van der Waals surface area contributed by atoms with Crippen molar-refractivity contribution in [3.63, 3.8) is 0 Å². The first kappa shape index (κ1) is 22.0. The molecule has 0 amide bonds. The zero-order valence-corrected chi connectivity index (χ0v) is 18.5. The molecule has 0 aromatic heterocycles. The smallest absolute Gasteiger partial charge is 0.191 e. The Bertz CT molecular complexity index is 388. The predicted molar refractivity (Wildman–Crippen MR) is 114 cm³/mol. The van der Waals surface area contributed by atoms with E-state index in [2.05, 4.69) is 53.1 Å². The fourth-order valence-corrected chi connectivity index (χ4v) is 3.81. The first-order valence-electron chi connectivity index (χ1n) is 9.43. The zero-order chi connectivity index (χ0) is 16.8. The van der Waals surface area contributed by atoms with Gasteiger partial charge in [-0.3, -0.25) is 9.89 Å². The highest BCUT2D eigenvalue weighted by molar-refractivity contribution is 14.0. The zero-order valence-electron chi connectivity index (χ0n) is 16.2. The van der Waals surface area contributed by atoms with Crippen LogP contribution in [0.15, 0.2) is 4.99 Å². The summed E-state index contributed by atoms with van der Waals surface area (Å²) in [4.78, 5) is 9.53. The second-order valence-electron chi connectivity index (χ2n) is 7.82. The Kier molecular flexibility index (Phi) is 9.89. The number of guanidine groups is 1. The van der Waals surface area contributed by atoms with E-state index in [4.69, 9.17) is 0 Å². The lowest BCUT2D eigenvalue weighted by atomic mass is 10.0. The van der Waals surface area contributed by atoms with Gasteiger partial charge in [-0.1, -0.05) is 13.8 Å². The quantitative estimate of drug-likeness (QED) is 0.382. The van der Waals surface area contributed by atoms with Crippen LogP contribution in [-0.2, 0) is 0 Å². The first-order chi connectivity index (χ1) is 11.0.